The summed E-state index contributed by atoms with van der Waals surface area (Å²) in [6, 6.07) is 9.19. The molecule has 0 aliphatic rings. The Labute approximate surface area is 119 Å². The first kappa shape index (κ1) is 14.4. The minimum Gasteiger partial charge on any atom is -0.326 e. The second-order valence-corrected chi connectivity index (χ2v) is 5.75. The van der Waals surface area contributed by atoms with Crippen LogP contribution in [0.4, 0.5) is 8.78 Å². The minimum absolute atomic E-state index is 0.271. The van der Waals surface area contributed by atoms with Crippen molar-refractivity contribution in [1.29, 1.82) is 0 Å². The fourth-order valence-corrected chi connectivity index (χ4v) is 3.46. The SMILES string of the molecule is CSc1cccc(Sc2cc(F)ccc2F)c1CN. The number of hydrogen-bond acceptors (Lipinski definition) is 3. The van der Waals surface area contributed by atoms with E-state index in [-0.39, 0.29) is 4.90 Å². The molecular formula is C14H13F2NS2. The summed E-state index contributed by atoms with van der Waals surface area (Å²) in [5, 5.41) is 0. The highest BCUT2D eigenvalue weighted by atomic mass is 32.2. The number of benzene rings is 2. The molecule has 19 heavy (non-hydrogen) atoms. The van der Waals surface area contributed by atoms with Gasteiger partial charge in [0.2, 0.25) is 0 Å². The average Bonchev–Trinajstić information content (AvgIpc) is 2.42. The predicted octanol–water partition coefficient (Wildman–Crippen LogP) is 4.30. The summed E-state index contributed by atoms with van der Waals surface area (Å²) in [7, 11) is 0. The second-order valence-electron chi connectivity index (χ2n) is 3.82. The third-order valence-electron chi connectivity index (χ3n) is 2.63. The fraction of sp³-hybridized carbons (Fsp3) is 0.143. The van der Waals surface area contributed by atoms with Crippen LogP contribution in [0.25, 0.3) is 0 Å². The maximum atomic E-state index is 13.6. The molecular weight excluding hydrogens is 284 g/mol. The molecule has 5 heteroatoms. The lowest BCUT2D eigenvalue weighted by Crippen LogP contribution is -2.00. The molecule has 2 aromatic carbocycles. The fourth-order valence-electron chi connectivity index (χ4n) is 1.71. The largest absolute Gasteiger partial charge is 0.326 e. The Kier molecular flexibility index (Phi) is 4.85. The van der Waals surface area contributed by atoms with Crippen molar-refractivity contribution in [3.05, 3.63) is 53.6 Å². The quantitative estimate of drug-likeness (QED) is 0.852. The zero-order chi connectivity index (χ0) is 13.8. The Morgan fingerprint density at radius 1 is 1.05 bits per heavy atom. The molecule has 0 fully saturated rings. The first-order chi connectivity index (χ1) is 9.15. The molecule has 0 unspecified atom stereocenters. The first-order valence-corrected chi connectivity index (χ1v) is 7.68. The summed E-state index contributed by atoms with van der Waals surface area (Å²) in [5.74, 6) is -0.872. The van der Waals surface area contributed by atoms with E-state index < -0.39 is 11.6 Å². The second kappa shape index (κ2) is 6.41. The molecule has 0 aromatic heterocycles. The van der Waals surface area contributed by atoms with Gasteiger partial charge in [0.15, 0.2) is 0 Å². The zero-order valence-electron chi connectivity index (χ0n) is 10.3. The van der Waals surface area contributed by atoms with Gasteiger partial charge in [0.05, 0.1) is 4.90 Å². The van der Waals surface area contributed by atoms with Crippen LogP contribution >= 0.6 is 23.5 Å². The minimum atomic E-state index is -0.445. The highest BCUT2D eigenvalue weighted by Crippen LogP contribution is 2.36. The number of nitrogens with two attached hydrogens (primary N) is 1. The topological polar surface area (TPSA) is 26.0 Å². The zero-order valence-corrected chi connectivity index (χ0v) is 12.0. The van der Waals surface area contributed by atoms with Gasteiger partial charge in [-0.2, -0.15) is 0 Å². The van der Waals surface area contributed by atoms with Crippen LogP contribution in [0.2, 0.25) is 0 Å². The van der Waals surface area contributed by atoms with Crippen LogP contribution in [0.3, 0.4) is 0 Å². The van der Waals surface area contributed by atoms with Crippen LogP contribution in [0.5, 0.6) is 0 Å². The van der Waals surface area contributed by atoms with Crippen molar-refractivity contribution in [1.82, 2.24) is 0 Å². The Bertz CT molecular complexity index is 588. The van der Waals surface area contributed by atoms with Crippen LogP contribution in [0.15, 0.2) is 51.1 Å². The van der Waals surface area contributed by atoms with E-state index in [2.05, 4.69) is 0 Å². The van der Waals surface area contributed by atoms with Gasteiger partial charge in [0.1, 0.15) is 11.6 Å². The van der Waals surface area contributed by atoms with E-state index in [1.54, 1.807) is 11.8 Å². The van der Waals surface area contributed by atoms with Crippen LogP contribution < -0.4 is 5.73 Å². The van der Waals surface area contributed by atoms with Crippen LogP contribution in [-0.2, 0) is 6.54 Å². The van der Waals surface area contributed by atoms with Crippen LogP contribution in [-0.4, -0.2) is 6.26 Å². The van der Waals surface area contributed by atoms with E-state index in [0.717, 1.165) is 27.5 Å². The van der Waals surface area contributed by atoms with E-state index in [1.807, 2.05) is 24.5 Å². The van der Waals surface area contributed by atoms with Gasteiger partial charge in [-0.3, -0.25) is 0 Å². The van der Waals surface area contributed by atoms with Crippen molar-refractivity contribution >= 4 is 23.5 Å². The van der Waals surface area contributed by atoms with Gasteiger partial charge >= 0.3 is 0 Å². The molecule has 2 N–H and O–H groups in total. The van der Waals surface area contributed by atoms with Crippen molar-refractivity contribution in [2.45, 2.75) is 21.2 Å². The van der Waals surface area contributed by atoms with Crippen LogP contribution in [0, 0.1) is 11.6 Å². The smallest absolute Gasteiger partial charge is 0.137 e. The van der Waals surface area contributed by atoms with Gasteiger partial charge in [0.25, 0.3) is 0 Å². The van der Waals surface area contributed by atoms with Gasteiger partial charge in [-0.05, 0) is 42.2 Å². The number of hydrogen-bond donors (Lipinski definition) is 1. The van der Waals surface area contributed by atoms with Crippen molar-refractivity contribution < 1.29 is 8.78 Å². The molecule has 0 bridgehead atoms. The number of rotatable bonds is 4. The lowest BCUT2D eigenvalue weighted by molar-refractivity contribution is 0.577. The highest BCUT2D eigenvalue weighted by molar-refractivity contribution is 8.00. The lowest BCUT2D eigenvalue weighted by Gasteiger charge is -2.11. The Hall–Kier alpha value is -1.04. The summed E-state index contributed by atoms with van der Waals surface area (Å²) < 4.78 is 26.8. The standard InChI is InChI=1S/C14H13F2NS2/c1-18-12-3-2-4-13(10(12)8-17)19-14-7-9(15)5-6-11(14)16/h2-7H,8,17H2,1H3. The molecule has 0 radical (unpaired) electrons. The monoisotopic (exact) mass is 297 g/mol. The lowest BCUT2D eigenvalue weighted by atomic mass is 10.2. The van der Waals surface area contributed by atoms with Gasteiger partial charge in [-0.15, -0.1) is 11.8 Å². The molecule has 0 atom stereocenters. The van der Waals surface area contributed by atoms with E-state index in [9.17, 15) is 8.78 Å². The Morgan fingerprint density at radius 2 is 1.79 bits per heavy atom. The molecule has 0 heterocycles. The van der Waals surface area contributed by atoms with Crippen molar-refractivity contribution in [3.8, 4) is 0 Å². The highest BCUT2D eigenvalue weighted by Gasteiger charge is 2.11. The molecule has 1 nitrogen and oxygen atoms in total. The van der Waals surface area contributed by atoms with Crippen molar-refractivity contribution in [3.63, 3.8) is 0 Å². The maximum Gasteiger partial charge on any atom is 0.137 e. The van der Waals surface area contributed by atoms with E-state index in [4.69, 9.17) is 5.73 Å². The molecule has 0 amide bonds. The van der Waals surface area contributed by atoms with Crippen molar-refractivity contribution in [2.75, 3.05) is 6.26 Å². The number of thioether (sulfide) groups is 1. The third-order valence-corrected chi connectivity index (χ3v) is 4.58. The maximum absolute atomic E-state index is 13.6. The molecule has 2 aromatic rings. The Morgan fingerprint density at radius 3 is 2.47 bits per heavy atom. The average molecular weight is 297 g/mol. The summed E-state index contributed by atoms with van der Waals surface area (Å²) in [6.07, 6.45) is 1.96. The van der Waals surface area contributed by atoms with E-state index in [1.165, 1.54) is 17.8 Å². The van der Waals surface area contributed by atoms with Gasteiger partial charge in [-0.1, -0.05) is 17.8 Å². The van der Waals surface area contributed by atoms with Crippen molar-refractivity contribution in [2.24, 2.45) is 5.73 Å². The number of halogens is 2. The Balaban J connectivity index is 2.40. The molecule has 0 saturated heterocycles. The summed E-state index contributed by atoms with van der Waals surface area (Å²) in [4.78, 5) is 2.19. The molecule has 2 rings (SSSR count). The van der Waals surface area contributed by atoms with Gasteiger partial charge in [-0.25, -0.2) is 8.78 Å². The van der Waals surface area contributed by atoms with Gasteiger partial charge in [0, 0.05) is 16.3 Å². The van der Waals surface area contributed by atoms with E-state index in [0.29, 0.717) is 6.54 Å². The van der Waals surface area contributed by atoms with Crippen LogP contribution in [0.1, 0.15) is 5.56 Å². The predicted molar refractivity (Wildman–Crippen MR) is 76.6 cm³/mol. The molecule has 0 spiro atoms. The normalized spacial score (nSPS) is 10.7. The first-order valence-electron chi connectivity index (χ1n) is 5.64. The molecule has 0 aliphatic heterocycles. The summed E-state index contributed by atoms with van der Waals surface area (Å²) >= 11 is 2.79. The molecule has 0 saturated carbocycles. The third kappa shape index (κ3) is 3.29. The van der Waals surface area contributed by atoms with E-state index >= 15 is 0 Å². The molecule has 0 aliphatic carbocycles. The van der Waals surface area contributed by atoms with Gasteiger partial charge < -0.3 is 5.73 Å². The summed E-state index contributed by atoms with van der Waals surface area (Å²) in [6.45, 7) is 0.371. The summed E-state index contributed by atoms with van der Waals surface area (Å²) in [5.41, 5.74) is 6.72. The molecule has 100 valence electrons.